The summed E-state index contributed by atoms with van der Waals surface area (Å²) in [5.41, 5.74) is 0.286. The molecular weight excluding hydrogens is 488 g/mol. The molecule has 0 spiro atoms. The number of amides is 3. The van der Waals surface area contributed by atoms with E-state index in [9.17, 15) is 22.8 Å². The van der Waals surface area contributed by atoms with Crippen LogP contribution in [-0.4, -0.2) is 39.4 Å². The minimum absolute atomic E-state index is 0.0941. The number of methoxy groups -OCH3 is 1. The van der Waals surface area contributed by atoms with Crippen LogP contribution in [0.5, 0.6) is 5.75 Å². The molecule has 0 radical (unpaired) electrons. The number of aliphatic imine (C=N–C) groups is 1. The molecule has 0 saturated carbocycles. The van der Waals surface area contributed by atoms with Gasteiger partial charge in [0.25, 0.3) is 5.91 Å². The summed E-state index contributed by atoms with van der Waals surface area (Å²) in [5, 5.41) is 7.21. The third-order valence-corrected chi connectivity index (χ3v) is 5.67. The van der Waals surface area contributed by atoms with Gasteiger partial charge in [0.15, 0.2) is 0 Å². The zero-order valence-corrected chi connectivity index (χ0v) is 20.0. The van der Waals surface area contributed by atoms with Crippen molar-refractivity contribution < 1.29 is 31.7 Å². The third-order valence-electron chi connectivity index (χ3n) is 4.42. The Morgan fingerprint density at radius 3 is 2.11 bits per heavy atom. The minimum Gasteiger partial charge on any atom is -0.453 e. The van der Waals surface area contributed by atoms with Crippen molar-refractivity contribution in [2.75, 3.05) is 12.4 Å². The summed E-state index contributed by atoms with van der Waals surface area (Å²) in [6.45, 7) is 1.25. The first-order valence-corrected chi connectivity index (χ1v) is 11.8. The van der Waals surface area contributed by atoms with Gasteiger partial charge in [-0.25, -0.2) is 9.79 Å². The van der Waals surface area contributed by atoms with E-state index in [-0.39, 0.29) is 33.5 Å². The van der Waals surface area contributed by atoms with Crippen LogP contribution in [0.2, 0.25) is 0 Å². The molecule has 11 nitrogen and oxygen atoms in total. The van der Waals surface area contributed by atoms with E-state index >= 15 is 0 Å². The van der Waals surface area contributed by atoms with Crippen molar-refractivity contribution >= 4 is 45.4 Å². The van der Waals surface area contributed by atoms with Crippen LogP contribution in [0.25, 0.3) is 0 Å². The number of hydrogen-bond acceptors (Lipinski definition) is 8. The minimum atomic E-state index is -4.29. The van der Waals surface area contributed by atoms with Gasteiger partial charge in [0.05, 0.1) is 18.5 Å². The first kappa shape index (κ1) is 25.9. The van der Waals surface area contributed by atoms with Gasteiger partial charge < -0.3 is 14.2 Å². The smallest absolute Gasteiger partial charge is 0.413 e. The predicted molar refractivity (Wildman–Crippen MR) is 132 cm³/mol. The van der Waals surface area contributed by atoms with Crippen LogP contribution in [-0.2, 0) is 19.6 Å². The van der Waals surface area contributed by atoms with E-state index in [4.69, 9.17) is 4.18 Å². The van der Waals surface area contributed by atoms with Crippen LogP contribution in [0.4, 0.5) is 16.2 Å². The fourth-order valence-corrected chi connectivity index (χ4v) is 3.78. The Labute approximate surface area is 207 Å². The van der Waals surface area contributed by atoms with Gasteiger partial charge in [-0.2, -0.15) is 8.42 Å². The number of carbonyl (C=O) groups is 3. The lowest BCUT2D eigenvalue weighted by Crippen LogP contribution is -2.43. The summed E-state index contributed by atoms with van der Waals surface area (Å²) >= 11 is 0. The monoisotopic (exact) mass is 510 g/mol. The van der Waals surface area contributed by atoms with Gasteiger partial charge in [0.1, 0.15) is 10.6 Å². The summed E-state index contributed by atoms with van der Waals surface area (Å²) in [6.07, 6.45) is -0.945. The number of carbonyl (C=O) groups excluding carboxylic acids is 3. The van der Waals surface area contributed by atoms with E-state index in [0.29, 0.717) is 0 Å². The highest BCUT2D eigenvalue weighted by Crippen LogP contribution is 2.30. The Bertz CT molecular complexity index is 1390. The third kappa shape index (κ3) is 7.14. The predicted octanol–water partition coefficient (Wildman–Crippen LogP) is 3.19. The second-order valence-corrected chi connectivity index (χ2v) is 8.65. The molecule has 0 atom stereocenters. The van der Waals surface area contributed by atoms with Crippen molar-refractivity contribution in [1.82, 2.24) is 10.6 Å². The Balaban J connectivity index is 2.04. The maximum Gasteiger partial charge on any atom is 0.413 e. The van der Waals surface area contributed by atoms with Gasteiger partial charge in [0, 0.05) is 12.5 Å². The molecule has 0 unspecified atom stereocenters. The molecule has 3 N–H and O–H groups in total. The molecule has 0 aliphatic carbocycles. The van der Waals surface area contributed by atoms with Crippen molar-refractivity contribution in [3.8, 4) is 5.75 Å². The zero-order chi connectivity index (χ0) is 26.1. The van der Waals surface area contributed by atoms with Crippen LogP contribution in [0.1, 0.15) is 17.3 Å². The van der Waals surface area contributed by atoms with E-state index in [1.807, 2.05) is 0 Å². The SMILES string of the molecule is COC(=O)NC(=Nc1cc(S(=O)(=O)Oc2ccccc2)ccc1NC(C)=O)NC(=O)c1ccccc1. The number of benzene rings is 3. The Morgan fingerprint density at radius 1 is 0.861 bits per heavy atom. The topological polar surface area (TPSA) is 152 Å². The molecule has 0 saturated heterocycles. The first-order chi connectivity index (χ1) is 17.2. The van der Waals surface area contributed by atoms with E-state index in [1.54, 1.807) is 48.5 Å². The Kier molecular flexibility index (Phi) is 8.36. The lowest BCUT2D eigenvalue weighted by atomic mass is 10.2. The quantitative estimate of drug-likeness (QED) is 0.262. The van der Waals surface area contributed by atoms with E-state index in [1.165, 1.54) is 31.2 Å². The van der Waals surface area contributed by atoms with Crippen LogP contribution < -0.4 is 20.1 Å². The average Bonchev–Trinajstić information content (AvgIpc) is 2.85. The van der Waals surface area contributed by atoms with Gasteiger partial charge >= 0.3 is 16.2 Å². The zero-order valence-electron chi connectivity index (χ0n) is 19.2. The molecule has 0 aromatic heterocycles. The van der Waals surface area contributed by atoms with Gasteiger partial charge in [-0.3, -0.25) is 20.2 Å². The molecule has 3 rings (SSSR count). The lowest BCUT2D eigenvalue weighted by Gasteiger charge is -2.13. The number of guanidine groups is 1. The molecule has 3 amide bonds. The molecule has 186 valence electrons. The first-order valence-electron chi connectivity index (χ1n) is 10.4. The molecule has 3 aromatic rings. The highest BCUT2D eigenvalue weighted by molar-refractivity contribution is 7.87. The molecule has 0 bridgehead atoms. The summed E-state index contributed by atoms with van der Waals surface area (Å²) in [5.74, 6) is -1.35. The molecule has 0 aliphatic heterocycles. The summed E-state index contributed by atoms with van der Waals surface area (Å²) in [6, 6.07) is 19.6. The van der Waals surface area contributed by atoms with E-state index in [0.717, 1.165) is 13.2 Å². The second-order valence-electron chi connectivity index (χ2n) is 7.11. The Hall–Kier alpha value is -4.71. The van der Waals surface area contributed by atoms with Gasteiger partial charge in [0.2, 0.25) is 11.9 Å². The molecule has 12 heteroatoms. The van der Waals surface area contributed by atoms with Crippen LogP contribution in [0.15, 0.2) is 88.8 Å². The number of para-hydroxylation sites is 1. The molecular formula is C24H22N4O7S. The number of nitrogens with zero attached hydrogens (tertiary/aromatic N) is 1. The van der Waals surface area contributed by atoms with Crippen molar-refractivity contribution in [2.45, 2.75) is 11.8 Å². The largest absolute Gasteiger partial charge is 0.453 e. The summed E-state index contributed by atoms with van der Waals surface area (Å²) in [7, 11) is -3.18. The van der Waals surface area contributed by atoms with Crippen LogP contribution in [0, 0.1) is 0 Å². The van der Waals surface area contributed by atoms with Gasteiger partial charge in [-0.05, 0) is 42.5 Å². The summed E-state index contributed by atoms with van der Waals surface area (Å²) in [4.78, 5) is 40.1. The maximum absolute atomic E-state index is 12.8. The van der Waals surface area contributed by atoms with Crippen LogP contribution >= 0.6 is 0 Å². The van der Waals surface area contributed by atoms with Gasteiger partial charge in [-0.1, -0.05) is 36.4 Å². The number of alkyl carbamates (subject to hydrolysis) is 1. The number of rotatable bonds is 6. The lowest BCUT2D eigenvalue weighted by molar-refractivity contribution is -0.114. The standard InChI is InChI=1S/C24H22N4O7S/c1-16(29)25-20-14-13-19(36(32,33)35-18-11-7-4-8-12-18)15-21(20)26-23(28-24(31)34-2)27-22(30)17-9-5-3-6-10-17/h3-15H,1-2H3,(H,25,29)(H2,26,27,28,30,31). The van der Waals surface area contributed by atoms with Crippen molar-refractivity contribution in [1.29, 1.82) is 0 Å². The molecule has 0 fully saturated rings. The number of nitrogens with one attached hydrogen (secondary N) is 3. The molecule has 36 heavy (non-hydrogen) atoms. The fourth-order valence-electron chi connectivity index (χ4n) is 2.83. The van der Waals surface area contributed by atoms with Crippen molar-refractivity contribution in [3.05, 3.63) is 84.4 Å². The number of ether oxygens (including phenoxy) is 1. The normalized spacial score (nSPS) is 11.2. The van der Waals surface area contributed by atoms with E-state index < -0.39 is 28.0 Å². The maximum atomic E-state index is 12.8. The van der Waals surface area contributed by atoms with Crippen molar-refractivity contribution in [3.63, 3.8) is 0 Å². The molecule has 0 heterocycles. The average molecular weight is 511 g/mol. The van der Waals surface area contributed by atoms with Crippen molar-refractivity contribution in [2.24, 2.45) is 4.99 Å². The number of hydrogen-bond donors (Lipinski definition) is 3. The van der Waals surface area contributed by atoms with Crippen LogP contribution in [0.3, 0.4) is 0 Å². The second kappa shape index (κ2) is 11.6. The molecule has 3 aromatic carbocycles. The highest BCUT2D eigenvalue weighted by Gasteiger charge is 2.20. The Morgan fingerprint density at radius 2 is 1.50 bits per heavy atom. The summed E-state index contributed by atoms with van der Waals surface area (Å²) < 4.78 is 35.4. The van der Waals surface area contributed by atoms with E-state index in [2.05, 4.69) is 25.7 Å². The number of anilines is 1. The highest BCUT2D eigenvalue weighted by atomic mass is 32.2. The molecule has 0 aliphatic rings. The fraction of sp³-hybridized carbons (Fsp3) is 0.0833. The van der Waals surface area contributed by atoms with Gasteiger partial charge in [-0.15, -0.1) is 0 Å².